The summed E-state index contributed by atoms with van der Waals surface area (Å²) >= 11 is 0. The van der Waals surface area contributed by atoms with E-state index in [4.69, 9.17) is 4.74 Å². The molecule has 1 fully saturated rings. The molecule has 5 rings (SSSR count). The van der Waals surface area contributed by atoms with Crippen LogP contribution in [0.15, 0.2) is 54.9 Å². The smallest absolute Gasteiger partial charge is 0.135 e. The van der Waals surface area contributed by atoms with Crippen molar-refractivity contribution in [1.29, 1.82) is 0 Å². The van der Waals surface area contributed by atoms with Crippen molar-refractivity contribution in [3.63, 3.8) is 0 Å². The average molecular weight is 360 g/mol. The fourth-order valence-corrected chi connectivity index (χ4v) is 4.24. The molecule has 27 heavy (non-hydrogen) atoms. The number of rotatable bonds is 3. The van der Waals surface area contributed by atoms with Crippen molar-refractivity contribution in [3.8, 4) is 11.3 Å². The maximum atomic E-state index is 6.34. The third-order valence-electron chi connectivity index (χ3n) is 5.75. The molecule has 4 heterocycles. The van der Waals surface area contributed by atoms with Gasteiger partial charge in [0.25, 0.3) is 0 Å². The molecule has 1 saturated heterocycles. The van der Waals surface area contributed by atoms with Gasteiger partial charge >= 0.3 is 0 Å². The monoisotopic (exact) mass is 360 g/mol. The Hall–Kier alpha value is -2.50. The molecule has 138 valence electrons. The summed E-state index contributed by atoms with van der Waals surface area (Å²) in [7, 11) is 0. The molecule has 0 bridgehead atoms. The van der Waals surface area contributed by atoms with Crippen LogP contribution < -0.4 is 0 Å². The third-order valence-corrected chi connectivity index (χ3v) is 5.75. The fourth-order valence-electron chi connectivity index (χ4n) is 4.24. The van der Waals surface area contributed by atoms with E-state index in [0.29, 0.717) is 6.61 Å². The van der Waals surface area contributed by atoms with Gasteiger partial charge in [0.05, 0.1) is 24.1 Å². The van der Waals surface area contributed by atoms with Crippen LogP contribution in [0.1, 0.15) is 23.5 Å². The SMILES string of the molecule is Cc1ccc(-c2cnc3n2C[C@]2(CCN(Cc4ccccn4)C2)OC3)cc1. The molecule has 3 aromatic rings. The number of likely N-dealkylation sites (tertiary alicyclic amines) is 1. The van der Waals surface area contributed by atoms with E-state index < -0.39 is 0 Å². The van der Waals surface area contributed by atoms with Crippen molar-refractivity contribution >= 4 is 0 Å². The summed E-state index contributed by atoms with van der Waals surface area (Å²) in [4.78, 5) is 11.5. The van der Waals surface area contributed by atoms with Crippen molar-refractivity contribution < 1.29 is 4.74 Å². The van der Waals surface area contributed by atoms with Crippen molar-refractivity contribution in [2.75, 3.05) is 13.1 Å². The molecule has 2 aromatic heterocycles. The Bertz CT molecular complexity index is 935. The molecule has 2 aliphatic rings. The molecule has 0 saturated carbocycles. The van der Waals surface area contributed by atoms with Crippen LogP contribution >= 0.6 is 0 Å². The van der Waals surface area contributed by atoms with Gasteiger partial charge in [-0.2, -0.15) is 0 Å². The highest BCUT2D eigenvalue weighted by atomic mass is 16.5. The van der Waals surface area contributed by atoms with Crippen LogP contribution in [0.25, 0.3) is 11.3 Å². The van der Waals surface area contributed by atoms with Crippen LogP contribution in [0, 0.1) is 6.92 Å². The van der Waals surface area contributed by atoms with Gasteiger partial charge in [0.1, 0.15) is 18.0 Å². The molecule has 0 N–H and O–H groups in total. The number of aromatic nitrogens is 3. The van der Waals surface area contributed by atoms with Gasteiger partial charge in [-0.1, -0.05) is 35.9 Å². The Kier molecular flexibility index (Phi) is 4.06. The molecule has 1 atom stereocenters. The molecule has 1 spiro atoms. The van der Waals surface area contributed by atoms with Crippen LogP contribution in [0.4, 0.5) is 0 Å². The van der Waals surface area contributed by atoms with Crippen molar-refractivity contribution in [2.45, 2.75) is 38.6 Å². The summed E-state index contributed by atoms with van der Waals surface area (Å²) in [6, 6.07) is 14.8. The maximum absolute atomic E-state index is 6.34. The highest BCUT2D eigenvalue weighted by molar-refractivity contribution is 5.60. The Balaban J connectivity index is 1.36. The number of hydrogen-bond donors (Lipinski definition) is 0. The highest BCUT2D eigenvalue weighted by Crippen LogP contribution is 2.35. The topological polar surface area (TPSA) is 43.2 Å². The van der Waals surface area contributed by atoms with Crippen molar-refractivity contribution in [2.24, 2.45) is 0 Å². The van der Waals surface area contributed by atoms with Crippen molar-refractivity contribution in [3.05, 3.63) is 71.9 Å². The molecule has 5 nitrogen and oxygen atoms in total. The summed E-state index contributed by atoms with van der Waals surface area (Å²) in [5.41, 5.74) is 4.68. The fraction of sp³-hybridized carbons (Fsp3) is 0.364. The van der Waals surface area contributed by atoms with Crippen LogP contribution in [0.3, 0.4) is 0 Å². The van der Waals surface area contributed by atoms with Gasteiger partial charge in [0, 0.05) is 25.8 Å². The van der Waals surface area contributed by atoms with Gasteiger partial charge in [0.2, 0.25) is 0 Å². The maximum Gasteiger partial charge on any atom is 0.135 e. The number of ether oxygens (including phenoxy) is 1. The Morgan fingerprint density at radius 2 is 1.96 bits per heavy atom. The second kappa shape index (κ2) is 6.59. The summed E-state index contributed by atoms with van der Waals surface area (Å²) in [6.45, 7) is 6.43. The number of imidazole rings is 1. The molecule has 2 aliphatic heterocycles. The van der Waals surface area contributed by atoms with Crippen LogP contribution in [-0.4, -0.2) is 38.1 Å². The van der Waals surface area contributed by atoms with E-state index in [0.717, 1.165) is 44.1 Å². The Morgan fingerprint density at radius 1 is 1.07 bits per heavy atom. The van der Waals surface area contributed by atoms with E-state index in [-0.39, 0.29) is 5.60 Å². The number of hydrogen-bond acceptors (Lipinski definition) is 4. The Morgan fingerprint density at radius 3 is 2.78 bits per heavy atom. The van der Waals surface area contributed by atoms with Gasteiger partial charge in [-0.3, -0.25) is 9.88 Å². The largest absolute Gasteiger partial charge is 0.364 e. The minimum atomic E-state index is -0.123. The van der Waals surface area contributed by atoms with E-state index in [1.165, 1.54) is 16.8 Å². The van der Waals surface area contributed by atoms with Gasteiger partial charge in [-0.05, 0) is 31.0 Å². The van der Waals surface area contributed by atoms with Gasteiger partial charge < -0.3 is 9.30 Å². The molecule has 0 amide bonds. The second-order valence-corrected chi connectivity index (χ2v) is 7.77. The van der Waals surface area contributed by atoms with Crippen LogP contribution in [0.2, 0.25) is 0 Å². The molecule has 0 radical (unpaired) electrons. The molecule has 0 aliphatic carbocycles. The molecule has 5 heteroatoms. The molecule has 0 unspecified atom stereocenters. The van der Waals surface area contributed by atoms with Crippen LogP contribution in [-0.2, 0) is 24.4 Å². The normalized spacial score (nSPS) is 22.3. The number of aryl methyl sites for hydroxylation is 1. The lowest BCUT2D eigenvalue weighted by Gasteiger charge is -2.35. The van der Waals surface area contributed by atoms with Gasteiger partial charge in [-0.25, -0.2) is 4.98 Å². The first kappa shape index (κ1) is 16.7. The van der Waals surface area contributed by atoms with Crippen LogP contribution in [0.5, 0.6) is 0 Å². The predicted molar refractivity (Wildman–Crippen MR) is 104 cm³/mol. The van der Waals surface area contributed by atoms with E-state index in [1.807, 2.05) is 18.5 Å². The minimum Gasteiger partial charge on any atom is -0.364 e. The zero-order chi connectivity index (χ0) is 18.3. The molecule has 1 aromatic carbocycles. The number of nitrogens with zero attached hydrogens (tertiary/aromatic N) is 4. The first-order valence-corrected chi connectivity index (χ1v) is 9.59. The average Bonchev–Trinajstić information content (AvgIpc) is 3.28. The van der Waals surface area contributed by atoms with Gasteiger partial charge in [0.15, 0.2) is 0 Å². The number of benzene rings is 1. The second-order valence-electron chi connectivity index (χ2n) is 7.77. The lowest BCUT2D eigenvalue weighted by molar-refractivity contribution is -0.0821. The zero-order valence-corrected chi connectivity index (χ0v) is 15.6. The number of fused-ring (bicyclic) bond motifs is 1. The summed E-state index contributed by atoms with van der Waals surface area (Å²) in [5, 5.41) is 0. The lowest BCUT2D eigenvalue weighted by Crippen LogP contribution is -2.44. The highest BCUT2D eigenvalue weighted by Gasteiger charge is 2.43. The van der Waals surface area contributed by atoms with E-state index >= 15 is 0 Å². The lowest BCUT2D eigenvalue weighted by atomic mass is 10.0. The first-order valence-electron chi connectivity index (χ1n) is 9.59. The molecular weight excluding hydrogens is 336 g/mol. The van der Waals surface area contributed by atoms with E-state index in [1.54, 1.807) is 0 Å². The molecular formula is C22H24N4O. The first-order chi connectivity index (χ1) is 13.2. The summed E-state index contributed by atoms with van der Waals surface area (Å²) < 4.78 is 8.70. The standard InChI is InChI=1S/C22H24N4O/c1-17-5-7-18(8-6-17)20-12-24-21-14-27-22(16-26(20)21)9-11-25(15-22)13-19-4-2-3-10-23-19/h2-8,10,12H,9,11,13-16H2,1H3/t22-/m1/s1. The minimum absolute atomic E-state index is 0.123. The quantitative estimate of drug-likeness (QED) is 0.718. The predicted octanol–water partition coefficient (Wildman–Crippen LogP) is 3.43. The summed E-state index contributed by atoms with van der Waals surface area (Å²) in [5.74, 6) is 1.03. The zero-order valence-electron chi connectivity index (χ0n) is 15.6. The number of pyridine rings is 1. The van der Waals surface area contributed by atoms with E-state index in [9.17, 15) is 0 Å². The third kappa shape index (κ3) is 3.17. The van der Waals surface area contributed by atoms with E-state index in [2.05, 4.69) is 62.8 Å². The van der Waals surface area contributed by atoms with Gasteiger partial charge in [-0.15, -0.1) is 0 Å². The van der Waals surface area contributed by atoms with Crippen molar-refractivity contribution in [1.82, 2.24) is 19.4 Å². The summed E-state index contributed by atoms with van der Waals surface area (Å²) in [6.07, 6.45) is 4.90. The Labute approximate surface area is 159 Å².